The maximum atomic E-state index is 13.1. The van der Waals surface area contributed by atoms with Crippen molar-refractivity contribution >= 4 is 40.7 Å². The maximum absolute atomic E-state index is 13.1. The fraction of sp³-hybridized carbons (Fsp3) is 0.304. The number of halogens is 2. The summed E-state index contributed by atoms with van der Waals surface area (Å²) in [5, 5.41) is 11.4. The van der Waals surface area contributed by atoms with E-state index < -0.39 is 23.5 Å². The number of likely N-dealkylation sites (tertiary alicyclic amines) is 1. The zero-order valence-electron chi connectivity index (χ0n) is 18.1. The molecule has 0 radical (unpaired) electrons. The normalized spacial score (nSPS) is 17.6. The van der Waals surface area contributed by atoms with Crippen LogP contribution < -0.4 is 14.2 Å². The molecule has 1 amide bonds. The molecule has 2 aromatic rings. The van der Waals surface area contributed by atoms with E-state index in [0.29, 0.717) is 24.3 Å². The van der Waals surface area contributed by atoms with Crippen LogP contribution in [0.4, 0.5) is 0 Å². The summed E-state index contributed by atoms with van der Waals surface area (Å²) >= 11 is 12.6. The Morgan fingerprint density at radius 2 is 1.75 bits per heavy atom. The fourth-order valence-electron chi connectivity index (χ4n) is 3.80. The van der Waals surface area contributed by atoms with Gasteiger partial charge in [-0.1, -0.05) is 42.3 Å². The van der Waals surface area contributed by atoms with E-state index in [2.05, 4.69) is 0 Å². The molecule has 1 aliphatic rings. The number of carbonyl (C=O) groups is 2. The quantitative estimate of drug-likeness (QED) is 0.347. The van der Waals surface area contributed by atoms with Gasteiger partial charge in [-0.25, -0.2) is 0 Å². The number of carbonyl (C=O) groups excluding carboxylic acids is 2. The Hall–Kier alpha value is -2.90. The van der Waals surface area contributed by atoms with Crippen molar-refractivity contribution in [1.82, 2.24) is 4.90 Å². The lowest BCUT2D eigenvalue weighted by molar-refractivity contribution is -0.139. The minimum absolute atomic E-state index is 0.0322. The van der Waals surface area contributed by atoms with E-state index >= 15 is 0 Å². The van der Waals surface area contributed by atoms with Crippen LogP contribution in [0.15, 0.2) is 35.9 Å². The van der Waals surface area contributed by atoms with Gasteiger partial charge in [0.2, 0.25) is 0 Å². The number of hydrogen-bond acceptors (Lipinski definition) is 6. The molecule has 2 aromatic carbocycles. The number of ketones is 1. The lowest BCUT2D eigenvalue weighted by atomic mass is 9.94. The molecule has 1 atom stereocenters. The predicted molar refractivity (Wildman–Crippen MR) is 122 cm³/mol. The number of nitrogens with zero attached hydrogens (tertiary/aromatic N) is 1. The third kappa shape index (κ3) is 3.98. The van der Waals surface area contributed by atoms with Crippen LogP contribution in [-0.2, 0) is 9.59 Å². The summed E-state index contributed by atoms with van der Waals surface area (Å²) in [6.07, 6.45) is 0.622. The highest BCUT2D eigenvalue weighted by Crippen LogP contribution is 2.47. The van der Waals surface area contributed by atoms with Gasteiger partial charge < -0.3 is 24.2 Å². The van der Waals surface area contributed by atoms with Crippen molar-refractivity contribution in [2.24, 2.45) is 0 Å². The number of rotatable bonds is 7. The molecule has 1 unspecified atom stereocenters. The van der Waals surface area contributed by atoms with Crippen molar-refractivity contribution in [3.05, 3.63) is 57.1 Å². The molecule has 1 fully saturated rings. The molecular weight excluding hydrogens is 457 g/mol. The van der Waals surface area contributed by atoms with Crippen molar-refractivity contribution < 1.29 is 28.9 Å². The lowest BCUT2D eigenvalue weighted by Gasteiger charge is -2.25. The number of aliphatic hydroxyl groups excluding tert-OH is 1. The smallest absolute Gasteiger partial charge is 0.295 e. The Morgan fingerprint density at radius 3 is 2.34 bits per heavy atom. The fourth-order valence-corrected chi connectivity index (χ4v) is 4.49. The van der Waals surface area contributed by atoms with Crippen LogP contribution in [0.2, 0.25) is 10.0 Å². The van der Waals surface area contributed by atoms with Gasteiger partial charge in [-0.2, -0.15) is 0 Å². The summed E-state index contributed by atoms with van der Waals surface area (Å²) in [6.45, 7) is 2.22. The van der Waals surface area contributed by atoms with Crippen LogP contribution in [-0.4, -0.2) is 49.6 Å². The number of amides is 1. The number of ether oxygens (including phenoxy) is 3. The van der Waals surface area contributed by atoms with Gasteiger partial charge in [0, 0.05) is 6.54 Å². The Labute approximate surface area is 196 Å². The summed E-state index contributed by atoms with van der Waals surface area (Å²) < 4.78 is 15.9. The molecule has 9 heteroatoms. The molecule has 170 valence electrons. The highest BCUT2D eigenvalue weighted by atomic mass is 35.5. The van der Waals surface area contributed by atoms with Crippen LogP contribution in [0, 0.1) is 0 Å². The molecule has 3 rings (SSSR count). The Morgan fingerprint density at radius 1 is 1.06 bits per heavy atom. The first-order chi connectivity index (χ1) is 15.3. The molecule has 0 aliphatic carbocycles. The third-order valence-corrected chi connectivity index (χ3v) is 5.83. The predicted octanol–water partition coefficient (Wildman–Crippen LogP) is 4.85. The third-order valence-electron chi connectivity index (χ3n) is 5.21. The van der Waals surface area contributed by atoms with Crippen molar-refractivity contribution in [1.29, 1.82) is 0 Å². The summed E-state index contributed by atoms with van der Waals surface area (Å²) in [7, 11) is 4.28. The molecule has 32 heavy (non-hydrogen) atoms. The van der Waals surface area contributed by atoms with E-state index in [-0.39, 0.29) is 32.7 Å². The molecule has 0 aromatic heterocycles. The second-order valence-electron chi connectivity index (χ2n) is 7.06. The molecule has 0 saturated carbocycles. The number of Topliss-reactive ketones (excluding diaryl/α,β-unsaturated/α-hetero) is 1. The largest absolute Gasteiger partial charge is 0.507 e. The van der Waals surface area contributed by atoms with Gasteiger partial charge in [-0.05, 0) is 30.2 Å². The Kier molecular flexibility index (Phi) is 7.21. The molecular formula is C23H23Cl2NO6. The summed E-state index contributed by atoms with van der Waals surface area (Å²) in [6, 6.07) is 7.55. The topological polar surface area (TPSA) is 85.3 Å². The SMILES string of the molecule is CCCN1C(=O)C(=O)/C(=C(/O)c2cc(Cl)c(OC)c(Cl)c2OC)C1c1cccc(OC)c1. The van der Waals surface area contributed by atoms with Crippen molar-refractivity contribution in [3.8, 4) is 17.2 Å². The van der Waals surface area contributed by atoms with Crippen LogP contribution in [0.25, 0.3) is 5.76 Å². The number of methoxy groups -OCH3 is 3. The average Bonchev–Trinajstić information content (AvgIpc) is 3.04. The lowest BCUT2D eigenvalue weighted by Crippen LogP contribution is -2.30. The van der Waals surface area contributed by atoms with E-state index in [0.717, 1.165) is 0 Å². The van der Waals surface area contributed by atoms with Crippen LogP contribution in [0.1, 0.15) is 30.5 Å². The number of aliphatic hydroxyl groups is 1. The van der Waals surface area contributed by atoms with Crippen LogP contribution in [0.3, 0.4) is 0 Å². The molecule has 1 N–H and O–H groups in total. The first kappa shape index (κ1) is 23.8. The summed E-state index contributed by atoms with van der Waals surface area (Å²) in [4.78, 5) is 27.4. The van der Waals surface area contributed by atoms with E-state index in [4.69, 9.17) is 37.4 Å². The van der Waals surface area contributed by atoms with Gasteiger partial charge in [-0.3, -0.25) is 9.59 Å². The van der Waals surface area contributed by atoms with E-state index in [9.17, 15) is 14.7 Å². The number of benzene rings is 2. The van der Waals surface area contributed by atoms with Crippen molar-refractivity contribution in [2.75, 3.05) is 27.9 Å². The number of hydrogen-bond donors (Lipinski definition) is 1. The minimum Gasteiger partial charge on any atom is -0.507 e. The van der Waals surface area contributed by atoms with Gasteiger partial charge in [0.1, 0.15) is 16.5 Å². The highest BCUT2D eigenvalue weighted by Gasteiger charge is 2.46. The molecule has 1 saturated heterocycles. The second kappa shape index (κ2) is 9.71. The van der Waals surface area contributed by atoms with Crippen molar-refractivity contribution in [3.63, 3.8) is 0 Å². The van der Waals surface area contributed by atoms with Gasteiger partial charge in [-0.15, -0.1) is 0 Å². The summed E-state index contributed by atoms with van der Waals surface area (Å²) in [5.74, 6) is -1.18. The van der Waals surface area contributed by atoms with Gasteiger partial charge in [0.25, 0.3) is 11.7 Å². The molecule has 0 spiro atoms. The molecule has 0 bridgehead atoms. The first-order valence-electron chi connectivity index (χ1n) is 9.83. The van der Waals surface area contributed by atoms with Gasteiger partial charge in [0.05, 0.1) is 43.5 Å². The van der Waals surface area contributed by atoms with Crippen molar-refractivity contribution in [2.45, 2.75) is 19.4 Å². The standard InChI is InChI=1S/C23H23Cl2NO6/c1-5-9-26-18(12-7-6-8-13(10-12)30-2)16(20(28)23(26)29)19(27)14-11-15(24)22(32-4)17(25)21(14)31-3/h6-8,10-11,18,27H,5,9H2,1-4H3/b19-16+. The average molecular weight is 480 g/mol. The van der Waals surface area contributed by atoms with Crippen LogP contribution in [0.5, 0.6) is 17.2 Å². The second-order valence-corrected chi connectivity index (χ2v) is 7.84. The van der Waals surface area contributed by atoms with E-state index in [1.54, 1.807) is 24.3 Å². The first-order valence-corrected chi connectivity index (χ1v) is 10.6. The van der Waals surface area contributed by atoms with Gasteiger partial charge >= 0.3 is 0 Å². The Balaban J connectivity index is 2.31. The highest BCUT2D eigenvalue weighted by molar-refractivity contribution is 6.47. The monoisotopic (exact) mass is 479 g/mol. The molecule has 7 nitrogen and oxygen atoms in total. The van der Waals surface area contributed by atoms with E-state index in [1.165, 1.54) is 32.3 Å². The Bertz CT molecular complexity index is 1100. The molecule has 1 aliphatic heterocycles. The minimum atomic E-state index is -0.825. The zero-order valence-corrected chi connectivity index (χ0v) is 19.6. The zero-order chi connectivity index (χ0) is 23.6. The molecule has 1 heterocycles. The summed E-state index contributed by atoms with van der Waals surface area (Å²) in [5.41, 5.74) is 0.598. The van der Waals surface area contributed by atoms with E-state index in [1.807, 2.05) is 6.92 Å². The van der Waals surface area contributed by atoms with Gasteiger partial charge in [0.15, 0.2) is 11.5 Å². The van der Waals surface area contributed by atoms with Crippen LogP contribution >= 0.6 is 23.2 Å². The maximum Gasteiger partial charge on any atom is 0.295 e.